The maximum absolute atomic E-state index is 13.5. The quantitative estimate of drug-likeness (QED) is 0.0967. The highest BCUT2D eigenvalue weighted by atomic mass is 127. The van der Waals surface area contributed by atoms with Crippen LogP contribution in [0.3, 0.4) is 0 Å². The molecule has 3 aromatic carbocycles. The topological polar surface area (TPSA) is 138 Å². The number of hydrogen-bond donors (Lipinski definition) is 1. The second-order valence-corrected chi connectivity index (χ2v) is 12.7. The molecule has 0 radical (unpaired) electrons. The Morgan fingerprint density at radius 3 is 2.24 bits per heavy atom. The molecule has 0 spiro atoms. The summed E-state index contributed by atoms with van der Waals surface area (Å²) in [7, 11) is -4.25. The van der Waals surface area contributed by atoms with Crippen molar-refractivity contribution < 1.29 is 41.2 Å². The molecule has 0 atom stereocenters. The lowest BCUT2D eigenvalue weighted by atomic mass is 10.1. The van der Waals surface area contributed by atoms with Crippen molar-refractivity contribution in [3.05, 3.63) is 79.9 Å². The third-order valence-electron chi connectivity index (χ3n) is 6.23. The number of carbonyl (C=O) groups excluding carboxylic acids is 3. The van der Waals surface area contributed by atoms with Gasteiger partial charge in [-0.2, -0.15) is 8.42 Å². The van der Waals surface area contributed by atoms with Gasteiger partial charge in [0.1, 0.15) is 10.5 Å². The van der Waals surface area contributed by atoms with Gasteiger partial charge in [0.15, 0.2) is 23.0 Å². The number of rotatable bonds is 13. The first-order chi connectivity index (χ1) is 21.5. The minimum absolute atomic E-state index is 0.0674. The van der Waals surface area contributed by atoms with Crippen LogP contribution in [0.25, 0.3) is 6.08 Å². The Kier molecular flexibility index (Phi) is 11.3. The van der Waals surface area contributed by atoms with E-state index < -0.39 is 28.0 Å². The van der Waals surface area contributed by atoms with E-state index in [-0.39, 0.29) is 35.1 Å². The van der Waals surface area contributed by atoms with Crippen molar-refractivity contribution in [2.75, 3.05) is 19.8 Å². The van der Waals surface area contributed by atoms with Gasteiger partial charge in [-0.25, -0.2) is 4.79 Å². The van der Waals surface area contributed by atoms with Crippen LogP contribution in [-0.2, 0) is 26.3 Å². The normalized spacial score (nSPS) is 14.4. The molecule has 0 aromatic heterocycles. The number of halogens is 2. The van der Waals surface area contributed by atoms with E-state index >= 15 is 0 Å². The van der Waals surface area contributed by atoms with Crippen LogP contribution in [-0.4, -0.2) is 51.0 Å². The summed E-state index contributed by atoms with van der Waals surface area (Å²) in [6, 6.07) is 12.7. The van der Waals surface area contributed by atoms with Gasteiger partial charge in [0.25, 0.3) is 11.8 Å². The summed E-state index contributed by atoms with van der Waals surface area (Å²) >= 11 is 7.75. The molecular weight excluding hydrogens is 739 g/mol. The van der Waals surface area contributed by atoms with Gasteiger partial charge in [0.2, 0.25) is 0 Å². The lowest BCUT2D eigenvalue weighted by Crippen LogP contribution is -2.53. The van der Waals surface area contributed by atoms with Crippen molar-refractivity contribution in [2.24, 2.45) is 0 Å². The predicted octanol–water partition coefficient (Wildman–Crippen LogP) is 5.96. The Bertz CT molecular complexity index is 1740. The van der Waals surface area contributed by atoms with E-state index in [0.717, 1.165) is 11.3 Å². The smallest absolute Gasteiger partial charge is 0.339 e. The van der Waals surface area contributed by atoms with E-state index in [0.29, 0.717) is 44.4 Å². The Balaban J connectivity index is 1.64. The van der Waals surface area contributed by atoms with Crippen molar-refractivity contribution in [1.29, 1.82) is 0 Å². The van der Waals surface area contributed by atoms with Gasteiger partial charge in [0.05, 0.1) is 29.9 Å². The van der Waals surface area contributed by atoms with E-state index in [4.69, 9.17) is 30.0 Å². The molecule has 1 aliphatic heterocycles. The van der Waals surface area contributed by atoms with Gasteiger partial charge in [-0.1, -0.05) is 24.6 Å². The third-order valence-corrected chi connectivity index (χ3v) is 8.52. The summed E-state index contributed by atoms with van der Waals surface area (Å²) in [5, 5.41) is 2.57. The lowest BCUT2D eigenvalue weighted by Gasteiger charge is -2.26. The number of imide groups is 2. The minimum atomic E-state index is -4.25. The average molecular weight is 769 g/mol. The zero-order chi connectivity index (χ0) is 32.7. The maximum Gasteiger partial charge on any atom is 0.339 e. The van der Waals surface area contributed by atoms with Gasteiger partial charge >= 0.3 is 16.1 Å². The first kappa shape index (κ1) is 34.1. The molecule has 0 bridgehead atoms. The van der Waals surface area contributed by atoms with Crippen LogP contribution in [0, 0.1) is 3.57 Å². The van der Waals surface area contributed by atoms with Crippen molar-refractivity contribution in [1.82, 2.24) is 10.2 Å². The fraction of sp³-hybridized carbons (Fsp3) is 0.258. The van der Waals surface area contributed by atoms with Gasteiger partial charge in [-0.3, -0.25) is 19.8 Å². The number of benzene rings is 3. The minimum Gasteiger partial charge on any atom is -0.490 e. The zero-order valence-corrected chi connectivity index (χ0v) is 28.3. The fourth-order valence-corrected chi connectivity index (χ4v) is 6.18. The number of nitrogens with one attached hydrogen (secondary N) is 1. The molecule has 4 rings (SSSR count). The summed E-state index contributed by atoms with van der Waals surface area (Å²) < 4.78 is 48.8. The molecule has 1 N–H and O–H groups in total. The number of urea groups is 1. The molecule has 238 valence electrons. The summed E-state index contributed by atoms with van der Waals surface area (Å²) in [4.78, 5) is 39.8. The van der Waals surface area contributed by atoms with Crippen LogP contribution in [0.15, 0.2) is 65.1 Å². The van der Waals surface area contributed by atoms with Crippen molar-refractivity contribution in [3.8, 4) is 23.0 Å². The second kappa shape index (κ2) is 15.0. The first-order valence-corrected chi connectivity index (χ1v) is 16.8. The number of hydrogen-bond acceptors (Lipinski definition) is 9. The molecule has 1 fully saturated rings. The van der Waals surface area contributed by atoms with Crippen LogP contribution in [0.1, 0.15) is 38.3 Å². The van der Waals surface area contributed by atoms with Gasteiger partial charge < -0.3 is 18.4 Å². The number of carbonyl (C=O) groups is 3. The van der Waals surface area contributed by atoms with E-state index in [2.05, 4.69) is 5.32 Å². The molecule has 3 aromatic rings. The monoisotopic (exact) mass is 768 g/mol. The molecule has 1 saturated heterocycles. The molecule has 45 heavy (non-hydrogen) atoms. The molecular formula is C31H30ClIN2O9S. The Morgan fingerprint density at radius 2 is 1.58 bits per heavy atom. The van der Waals surface area contributed by atoms with Crippen LogP contribution in [0.2, 0.25) is 5.02 Å². The fourth-order valence-electron chi connectivity index (χ4n) is 4.21. The standard InChI is InChI=1S/C31H30ClIN2O9S/c1-4-13-43-25-12-7-19(16-26(25)41-5-2)18-35-30(37)23(29(36)34-31(35)38)14-20-15-24(33)28(27(17-20)42-6-3)44-45(39,40)22-10-8-21(32)9-11-22/h7-12,14-17H,4-6,13,18H2,1-3H3,(H,34,36,38)/b23-14+. The van der Waals surface area contributed by atoms with E-state index in [1.54, 1.807) is 25.1 Å². The van der Waals surface area contributed by atoms with Crippen LogP contribution >= 0.6 is 34.2 Å². The van der Waals surface area contributed by atoms with Crippen LogP contribution in [0.5, 0.6) is 23.0 Å². The SMILES string of the molecule is CCCOc1ccc(CN2C(=O)NC(=O)/C(=C\c3cc(I)c(OS(=O)(=O)c4ccc(Cl)cc4)c(OCC)c3)C2=O)cc1OCC. The number of nitrogens with zero attached hydrogens (tertiary/aromatic N) is 1. The summed E-state index contributed by atoms with van der Waals surface area (Å²) in [5.74, 6) is -0.675. The first-order valence-electron chi connectivity index (χ1n) is 13.9. The molecule has 1 heterocycles. The summed E-state index contributed by atoms with van der Waals surface area (Å²) in [5.41, 5.74) is 0.613. The zero-order valence-electron chi connectivity index (χ0n) is 24.6. The number of barbiturate groups is 1. The number of ether oxygens (including phenoxy) is 3. The summed E-state index contributed by atoms with van der Waals surface area (Å²) in [6.45, 7) is 6.43. The Labute approximate surface area is 279 Å². The van der Waals surface area contributed by atoms with Crippen LogP contribution in [0.4, 0.5) is 4.79 Å². The van der Waals surface area contributed by atoms with Crippen LogP contribution < -0.4 is 23.7 Å². The van der Waals surface area contributed by atoms with Gasteiger partial charge in [0, 0.05) is 5.02 Å². The van der Waals surface area contributed by atoms with E-state index in [1.165, 1.54) is 42.5 Å². The molecule has 0 unspecified atom stereocenters. The molecule has 1 aliphatic rings. The van der Waals surface area contributed by atoms with Crippen molar-refractivity contribution >= 4 is 68.2 Å². The second-order valence-electron chi connectivity index (χ2n) is 9.53. The van der Waals surface area contributed by atoms with Gasteiger partial charge in [-0.05, 0) is 109 Å². The Morgan fingerprint density at radius 1 is 0.889 bits per heavy atom. The van der Waals surface area contributed by atoms with E-state index in [1.807, 2.05) is 36.4 Å². The highest BCUT2D eigenvalue weighted by Gasteiger charge is 2.36. The third kappa shape index (κ3) is 8.27. The average Bonchev–Trinajstić information content (AvgIpc) is 2.99. The summed E-state index contributed by atoms with van der Waals surface area (Å²) in [6.07, 6.45) is 2.11. The number of amides is 4. The maximum atomic E-state index is 13.5. The molecule has 0 saturated carbocycles. The lowest BCUT2D eigenvalue weighted by molar-refractivity contribution is -0.130. The van der Waals surface area contributed by atoms with Crippen molar-refractivity contribution in [2.45, 2.75) is 38.6 Å². The highest BCUT2D eigenvalue weighted by Crippen LogP contribution is 2.37. The molecule has 4 amide bonds. The Hall–Kier alpha value is -3.82. The van der Waals surface area contributed by atoms with E-state index in [9.17, 15) is 22.8 Å². The molecule has 11 nitrogen and oxygen atoms in total. The highest BCUT2D eigenvalue weighted by molar-refractivity contribution is 14.1. The van der Waals surface area contributed by atoms with Crippen molar-refractivity contribution in [3.63, 3.8) is 0 Å². The van der Waals surface area contributed by atoms with Gasteiger partial charge in [-0.15, -0.1) is 0 Å². The molecule has 14 heteroatoms. The molecule has 0 aliphatic carbocycles. The predicted molar refractivity (Wildman–Crippen MR) is 175 cm³/mol. The largest absolute Gasteiger partial charge is 0.490 e.